The summed E-state index contributed by atoms with van der Waals surface area (Å²) < 4.78 is 1.50. The summed E-state index contributed by atoms with van der Waals surface area (Å²) in [6.07, 6.45) is 3.58. The number of pyridine rings is 1. The van der Waals surface area contributed by atoms with Crippen LogP contribution in [-0.2, 0) is 0 Å². The maximum Gasteiger partial charge on any atom is 0.267 e. The van der Waals surface area contributed by atoms with Crippen LogP contribution in [0.5, 0.6) is 0 Å². The van der Waals surface area contributed by atoms with E-state index in [9.17, 15) is 4.79 Å². The molecule has 0 aliphatic heterocycles. The number of rotatable bonds is 3. The molecule has 0 amide bonds. The molecule has 1 aliphatic rings. The second-order valence-electron chi connectivity index (χ2n) is 6.62. The number of aryl methyl sites for hydroxylation is 1. The molecule has 4 N–H and O–H groups in total. The fourth-order valence-corrected chi connectivity index (χ4v) is 3.59. The van der Waals surface area contributed by atoms with Gasteiger partial charge in [-0.1, -0.05) is 23.2 Å². The summed E-state index contributed by atoms with van der Waals surface area (Å²) in [5.74, 6) is 1.14. The van der Waals surface area contributed by atoms with Crippen molar-refractivity contribution in [3.8, 4) is 5.69 Å². The number of nitrogens with two attached hydrogens (primary N) is 2. The van der Waals surface area contributed by atoms with E-state index < -0.39 is 0 Å². The zero-order chi connectivity index (χ0) is 18.6. The Morgan fingerprint density at radius 3 is 2.62 bits per heavy atom. The van der Waals surface area contributed by atoms with E-state index >= 15 is 0 Å². The monoisotopic (exact) mass is 389 g/mol. The molecule has 1 aliphatic carbocycles. The molecule has 1 atom stereocenters. The van der Waals surface area contributed by atoms with Gasteiger partial charge in [0.1, 0.15) is 11.6 Å². The van der Waals surface area contributed by atoms with Gasteiger partial charge in [0.15, 0.2) is 0 Å². The van der Waals surface area contributed by atoms with E-state index in [-0.39, 0.29) is 17.0 Å². The van der Waals surface area contributed by atoms with E-state index in [1.165, 1.54) is 4.57 Å². The number of anilines is 1. The number of aromatic nitrogens is 3. The van der Waals surface area contributed by atoms with Crippen molar-refractivity contribution in [2.45, 2.75) is 25.8 Å². The average molecular weight is 390 g/mol. The predicted octanol–water partition coefficient (Wildman–Crippen LogP) is 3.39. The van der Waals surface area contributed by atoms with Crippen molar-refractivity contribution in [1.29, 1.82) is 0 Å². The number of halogens is 2. The van der Waals surface area contributed by atoms with Gasteiger partial charge in [0.2, 0.25) is 0 Å². The van der Waals surface area contributed by atoms with E-state index in [0.717, 1.165) is 18.4 Å². The Morgan fingerprint density at radius 2 is 1.96 bits per heavy atom. The van der Waals surface area contributed by atoms with Crippen LogP contribution in [0, 0.1) is 12.8 Å². The summed E-state index contributed by atoms with van der Waals surface area (Å²) in [7, 11) is 0. The minimum Gasteiger partial charge on any atom is -0.384 e. The van der Waals surface area contributed by atoms with Crippen molar-refractivity contribution in [3.05, 3.63) is 56.2 Å². The maximum absolute atomic E-state index is 13.4. The third kappa shape index (κ3) is 2.74. The molecule has 0 radical (unpaired) electrons. The molecule has 26 heavy (non-hydrogen) atoms. The molecule has 2 aromatic heterocycles. The third-order valence-electron chi connectivity index (χ3n) is 4.72. The molecular formula is C18H17Cl2N5O. The van der Waals surface area contributed by atoms with Crippen LogP contribution < -0.4 is 17.0 Å². The topological polar surface area (TPSA) is 99.8 Å². The van der Waals surface area contributed by atoms with E-state index in [0.29, 0.717) is 38.8 Å². The quantitative estimate of drug-likeness (QED) is 0.714. The van der Waals surface area contributed by atoms with Crippen LogP contribution in [-0.4, -0.2) is 14.5 Å². The van der Waals surface area contributed by atoms with E-state index in [1.54, 1.807) is 24.4 Å². The zero-order valence-corrected chi connectivity index (χ0v) is 15.6. The molecule has 2 heterocycles. The van der Waals surface area contributed by atoms with Crippen LogP contribution >= 0.6 is 23.2 Å². The van der Waals surface area contributed by atoms with E-state index in [4.69, 9.17) is 34.7 Å². The van der Waals surface area contributed by atoms with Gasteiger partial charge in [-0.25, -0.2) is 9.97 Å². The molecule has 0 spiro atoms. The number of benzene rings is 1. The van der Waals surface area contributed by atoms with Gasteiger partial charge in [0, 0.05) is 0 Å². The van der Waals surface area contributed by atoms with Crippen molar-refractivity contribution in [1.82, 2.24) is 14.5 Å². The molecule has 8 heteroatoms. The second kappa shape index (κ2) is 6.23. The molecule has 0 saturated heterocycles. The van der Waals surface area contributed by atoms with Crippen LogP contribution in [0.1, 0.15) is 30.3 Å². The first-order valence-electron chi connectivity index (χ1n) is 8.27. The molecule has 134 valence electrons. The summed E-state index contributed by atoms with van der Waals surface area (Å²) in [6.45, 7) is 1.86. The predicted molar refractivity (Wildman–Crippen MR) is 104 cm³/mol. The molecule has 1 fully saturated rings. The lowest BCUT2D eigenvalue weighted by Gasteiger charge is -2.20. The number of fused-ring (bicyclic) bond motifs is 1. The molecule has 1 aromatic carbocycles. The van der Waals surface area contributed by atoms with Gasteiger partial charge in [-0.3, -0.25) is 9.36 Å². The molecule has 1 saturated carbocycles. The Balaban J connectivity index is 2.12. The lowest BCUT2D eigenvalue weighted by Crippen LogP contribution is -2.30. The van der Waals surface area contributed by atoms with Crippen molar-refractivity contribution in [3.63, 3.8) is 0 Å². The van der Waals surface area contributed by atoms with Gasteiger partial charge in [-0.2, -0.15) is 0 Å². The third-order valence-corrected chi connectivity index (χ3v) is 5.34. The largest absolute Gasteiger partial charge is 0.384 e. The van der Waals surface area contributed by atoms with Crippen molar-refractivity contribution >= 4 is 39.9 Å². The maximum atomic E-state index is 13.4. The Morgan fingerprint density at radius 1 is 1.27 bits per heavy atom. The summed E-state index contributed by atoms with van der Waals surface area (Å²) in [6, 6.07) is 4.55. The van der Waals surface area contributed by atoms with Crippen molar-refractivity contribution in [2.24, 2.45) is 11.7 Å². The fraction of sp³-hybridized carbons (Fsp3) is 0.278. The number of nitrogens with zero attached hydrogens (tertiary/aromatic N) is 3. The first-order valence-corrected chi connectivity index (χ1v) is 9.03. The van der Waals surface area contributed by atoms with Crippen molar-refractivity contribution in [2.75, 3.05) is 5.73 Å². The molecule has 3 aromatic rings. The van der Waals surface area contributed by atoms with E-state index in [2.05, 4.69) is 9.97 Å². The van der Waals surface area contributed by atoms with Crippen LogP contribution in [0.4, 0.5) is 5.82 Å². The lowest BCUT2D eigenvalue weighted by atomic mass is 10.1. The minimum absolute atomic E-state index is 0.266. The highest BCUT2D eigenvalue weighted by Gasteiger charge is 2.33. The lowest BCUT2D eigenvalue weighted by molar-refractivity contribution is 0.573. The van der Waals surface area contributed by atoms with E-state index in [1.807, 2.05) is 6.92 Å². The van der Waals surface area contributed by atoms with Crippen LogP contribution in [0.25, 0.3) is 16.6 Å². The smallest absolute Gasteiger partial charge is 0.267 e. The fourth-order valence-electron chi connectivity index (χ4n) is 3.16. The molecular weight excluding hydrogens is 373 g/mol. The summed E-state index contributed by atoms with van der Waals surface area (Å²) >= 11 is 12.6. The highest BCUT2D eigenvalue weighted by molar-refractivity contribution is 6.39. The Kier molecular flexibility index (Phi) is 4.14. The van der Waals surface area contributed by atoms with Crippen LogP contribution in [0.3, 0.4) is 0 Å². The average Bonchev–Trinajstić information content (AvgIpc) is 3.43. The molecule has 0 bridgehead atoms. The first-order chi connectivity index (χ1) is 12.4. The Bertz CT molecular complexity index is 1090. The van der Waals surface area contributed by atoms with Gasteiger partial charge in [0.25, 0.3) is 5.56 Å². The van der Waals surface area contributed by atoms with Gasteiger partial charge >= 0.3 is 0 Å². The Labute approximate surface area is 159 Å². The van der Waals surface area contributed by atoms with Crippen LogP contribution in [0.15, 0.2) is 29.2 Å². The SMILES string of the molecule is Cc1cc(N)ncc1-n1c([C@@H](N)C2CC2)nc2c(Cl)ccc(Cl)c2c1=O. The first kappa shape index (κ1) is 17.3. The van der Waals surface area contributed by atoms with Gasteiger partial charge in [-0.05, 0) is 49.4 Å². The number of hydrogen-bond donors (Lipinski definition) is 2. The minimum atomic E-state index is -0.376. The Hall–Kier alpha value is -2.15. The number of hydrogen-bond acceptors (Lipinski definition) is 5. The normalized spacial score (nSPS) is 15.4. The zero-order valence-electron chi connectivity index (χ0n) is 14.0. The highest BCUT2D eigenvalue weighted by Crippen LogP contribution is 2.40. The van der Waals surface area contributed by atoms with Gasteiger partial charge in [0.05, 0.1) is 38.9 Å². The molecule has 6 nitrogen and oxygen atoms in total. The summed E-state index contributed by atoms with van der Waals surface area (Å²) in [4.78, 5) is 22.2. The standard InChI is InChI=1S/C18H17Cl2N5O/c1-8-6-13(21)23-7-12(8)25-17(15(22)9-2-3-9)24-16-11(20)5-4-10(19)14(16)18(25)26/h4-7,9,15H,2-3,22H2,1H3,(H2,21,23)/t15-/m0/s1. The second-order valence-corrected chi connectivity index (χ2v) is 7.44. The summed E-state index contributed by atoms with van der Waals surface area (Å²) in [5.41, 5.74) is 13.6. The van der Waals surface area contributed by atoms with Crippen molar-refractivity contribution < 1.29 is 0 Å². The molecule has 0 unspecified atom stereocenters. The number of nitrogen functional groups attached to an aromatic ring is 1. The van der Waals surface area contributed by atoms with Crippen LogP contribution in [0.2, 0.25) is 10.0 Å². The highest BCUT2D eigenvalue weighted by atomic mass is 35.5. The summed E-state index contributed by atoms with van der Waals surface area (Å²) in [5, 5.41) is 0.926. The van der Waals surface area contributed by atoms with Gasteiger partial charge < -0.3 is 11.5 Å². The van der Waals surface area contributed by atoms with Gasteiger partial charge in [-0.15, -0.1) is 0 Å². The molecule has 4 rings (SSSR count).